The van der Waals surface area contributed by atoms with Crippen molar-refractivity contribution in [3.8, 4) is 17.1 Å². The maximum Gasteiger partial charge on any atom is 0.343 e. The average Bonchev–Trinajstić information content (AvgIpc) is 3.13. The third-order valence-electron chi connectivity index (χ3n) is 6.21. The molecular weight excluding hydrogens is 386 g/mol. The Morgan fingerprint density at radius 1 is 1.33 bits per heavy atom. The van der Waals surface area contributed by atoms with E-state index in [9.17, 15) is 14.7 Å². The lowest BCUT2D eigenvalue weighted by Gasteiger charge is -2.31. The second-order valence-corrected chi connectivity index (χ2v) is 7.58. The van der Waals surface area contributed by atoms with Crippen LogP contribution in [0.5, 0.6) is 5.75 Å². The number of aliphatic hydroxyl groups is 1. The van der Waals surface area contributed by atoms with Crippen molar-refractivity contribution in [1.82, 2.24) is 9.55 Å². The van der Waals surface area contributed by atoms with Crippen molar-refractivity contribution in [2.45, 2.75) is 38.6 Å². The molecule has 8 heteroatoms. The van der Waals surface area contributed by atoms with E-state index in [2.05, 4.69) is 0 Å². The molecule has 0 bridgehead atoms. The molecule has 0 saturated carbocycles. The fraction of sp³-hybridized carbons (Fsp3) is 0.318. The van der Waals surface area contributed by atoms with Crippen LogP contribution in [0.25, 0.3) is 22.3 Å². The first-order chi connectivity index (χ1) is 14.4. The van der Waals surface area contributed by atoms with Crippen molar-refractivity contribution in [2.75, 3.05) is 7.11 Å². The number of hydrogen-bond acceptors (Lipinski definition) is 7. The highest BCUT2D eigenvalue weighted by Gasteiger charge is 2.45. The highest BCUT2D eigenvalue weighted by Crippen LogP contribution is 2.41. The van der Waals surface area contributed by atoms with Gasteiger partial charge in [-0.05, 0) is 30.2 Å². The molecule has 2 aliphatic heterocycles. The number of nitrogens with two attached hydrogens (primary N) is 1. The van der Waals surface area contributed by atoms with Crippen LogP contribution in [0.3, 0.4) is 0 Å². The number of ether oxygens (including phenoxy) is 2. The molecule has 2 aliphatic rings. The van der Waals surface area contributed by atoms with Gasteiger partial charge in [0.25, 0.3) is 5.56 Å². The maximum absolute atomic E-state index is 13.3. The Bertz CT molecular complexity index is 1300. The Hall–Kier alpha value is -3.23. The summed E-state index contributed by atoms with van der Waals surface area (Å²) >= 11 is 0. The molecular formula is C22H21N3O5. The van der Waals surface area contributed by atoms with Crippen LogP contribution < -0.4 is 16.0 Å². The van der Waals surface area contributed by atoms with Crippen LogP contribution in [-0.4, -0.2) is 27.7 Å². The first-order valence-electron chi connectivity index (χ1n) is 9.80. The summed E-state index contributed by atoms with van der Waals surface area (Å²) in [6.07, 6.45) is 0.102. The van der Waals surface area contributed by atoms with Crippen molar-refractivity contribution in [1.29, 1.82) is 0 Å². The molecule has 2 aromatic heterocycles. The van der Waals surface area contributed by atoms with Gasteiger partial charge in [-0.1, -0.05) is 13.0 Å². The Morgan fingerprint density at radius 2 is 2.13 bits per heavy atom. The van der Waals surface area contributed by atoms with Gasteiger partial charge in [0, 0.05) is 23.1 Å². The Kier molecular flexibility index (Phi) is 4.00. The van der Waals surface area contributed by atoms with Crippen molar-refractivity contribution >= 4 is 16.9 Å². The van der Waals surface area contributed by atoms with Gasteiger partial charge < -0.3 is 24.9 Å². The minimum Gasteiger partial charge on any atom is -0.496 e. The predicted molar refractivity (Wildman–Crippen MR) is 109 cm³/mol. The van der Waals surface area contributed by atoms with Gasteiger partial charge in [-0.2, -0.15) is 0 Å². The van der Waals surface area contributed by atoms with Gasteiger partial charge in [0.05, 0.1) is 36.1 Å². The predicted octanol–water partition coefficient (Wildman–Crippen LogP) is 1.55. The molecule has 8 nitrogen and oxygen atoms in total. The number of fused-ring (bicyclic) bond motifs is 5. The molecule has 0 fully saturated rings. The normalized spacial score (nSPS) is 19.3. The summed E-state index contributed by atoms with van der Waals surface area (Å²) in [7, 11) is 1.60. The summed E-state index contributed by atoms with van der Waals surface area (Å²) in [6.45, 7) is 2.09. The number of carbonyl (C=O) groups is 1. The van der Waals surface area contributed by atoms with Crippen molar-refractivity contribution < 1.29 is 19.4 Å². The van der Waals surface area contributed by atoms with E-state index in [1.807, 2.05) is 18.2 Å². The third-order valence-corrected chi connectivity index (χ3v) is 6.21. The smallest absolute Gasteiger partial charge is 0.343 e. The van der Waals surface area contributed by atoms with E-state index in [0.717, 1.165) is 16.5 Å². The first-order valence-corrected chi connectivity index (χ1v) is 9.80. The van der Waals surface area contributed by atoms with Crippen LogP contribution in [-0.2, 0) is 34.8 Å². The summed E-state index contributed by atoms with van der Waals surface area (Å²) in [6, 6.07) is 7.27. The zero-order chi connectivity index (χ0) is 21.2. The van der Waals surface area contributed by atoms with Crippen LogP contribution in [0, 0.1) is 0 Å². The van der Waals surface area contributed by atoms with Gasteiger partial charge in [0.2, 0.25) is 0 Å². The van der Waals surface area contributed by atoms with E-state index >= 15 is 0 Å². The number of pyridine rings is 2. The number of rotatable bonds is 3. The van der Waals surface area contributed by atoms with Crippen molar-refractivity contribution in [2.24, 2.45) is 5.73 Å². The second-order valence-electron chi connectivity index (χ2n) is 7.58. The van der Waals surface area contributed by atoms with E-state index in [1.54, 1.807) is 24.7 Å². The summed E-state index contributed by atoms with van der Waals surface area (Å²) < 4.78 is 12.2. The molecule has 1 aromatic carbocycles. The van der Waals surface area contributed by atoms with E-state index in [1.165, 1.54) is 0 Å². The topological polar surface area (TPSA) is 117 Å². The molecule has 0 saturated heterocycles. The largest absolute Gasteiger partial charge is 0.496 e. The molecule has 0 spiro atoms. The summed E-state index contributed by atoms with van der Waals surface area (Å²) in [4.78, 5) is 30.4. The first kappa shape index (κ1) is 18.8. The molecule has 5 rings (SSSR count). The van der Waals surface area contributed by atoms with Crippen LogP contribution in [0.4, 0.5) is 0 Å². The lowest BCUT2D eigenvalue weighted by Crippen LogP contribution is -2.44. The van der Waals surface area contributed by atoms with Gasteiger partial charge in [-0.25, -0.2) is 9.78 Å². The van der Waals surface area contributed by atoms with Gasteiger partial charge in [0.15, 0.2) is 5.60 Å². The fourth-order valence-electron chi connectivity index (χ4n) is 4.59. The lowest BCUT2D eigenvalue weighted by molar-refractivity contribution is -0.172. The lowest BCUT2D eigenvalue weighted by atomic mass is 9.86. The number of methoxy groups -OCH3 is 1. The minimum absolute atomic E-state index is 0.102. The SMILES string of the molecule is CC[C@@]1(O)C(=O)OCc2c1cc1n(c2=O)Cc2c-1nc1cccc(OC)c1c2CN. The Balaban J connectivity index is 1.84. The highest BCUT2D eigenvalue weighted by atomic mass is 16.6. The zero-order valence-corrected chi connectivity index (χ0v) is 16.7. The van der Waals surface area contributed by atoms with Gasteiger partial charge in [0.1, 0.15) is 12.4 Å². The van der Waals surface area contributed by atoms with Crippen molar-refractivity contribution in [3.05, 3.63) is 56.9 Å². The molecule has 30 heavy (non-hydrogen) atoms. The molecule has 4 heterocycles. The number of esters is 1. The third kappa shape index (κ3) is 2.26. The maximum atomic E-state index is 13.3. The quantitative estimate of drug-likeness (QED) is 0.495. The summed E-state index contributed by atoms with van der Waals surface area (Å²) in [5, 5.41) is 11.8. The summed E-state index contributed by atoms with van der Waals surface area (Å²) in [5.41, 5.74) is 8.19. The molecule has 3 N–H and O–H groups in total. The number of cyclic esters (lactones) is 1. The molecule has 0 aliphatic carbocycles. The van der Waals surface area contributed by atoms with Gasteiger partial charge in [-0.3, -0.25) is 4.79 Å². The zero-order valence-electron chi connectivity index (χ0n) is 16.7. The van der Waals surface area contributed by atoms with Gasteiger partial charge >= 0.3 is 5.97 Å². The number of aromatic nitrogens is 2. The number of hydrogen-bond donors (Lipinski definition) is 2. The Labute approximate surface area is 171 Å². The van der Waals surface area contributed by atoms with E-state index in [0.29, 0.717) is 40.3 Å². The standard InChI is InChI=1S/C22H21N3O5/c1-3-22(28)14-7-16-19-12(9-25(16)20(26)13(14)10-30-21(22)27)11(8-23)18-15(24-19)5-4-6-17(18)29-2/h4-7,28H,3,8-10,23H2,1-2H3/t22-/m0/s1. The average molecular weight is 407 g/mol. The second kappa shape index (κ2) is 6.38. The van der Waals surface area contributed by atoms with Crippen LogP contribution >= 0.6 is 0 Å². The van der Waals surface area contributed by atoms with Crippen LogP contribution in [0.15, 0.2) is 29.1 Å². The number of carbonyl (C=O) groups excluding carboxylic acids is 1. The molecule has 0 unspecified atom stereocenters. The number of benzene rings is 1. The number of nitrogens with zero attached hydrogens (tertiary/aromatic N) is 2. The minimum atomic E-state index is -1.85. The van der Waals surface area contributed by atoms with E-state index in [-0.39, 0.29) is 25.1 Å². The monoisotopic (exact) mass is 407 g/mol. The molecule has 0 amide bonds. The molecule has 3 aromatic rings. The molecule has 154 valence electrons. The molecule has 1 atom stereocenters. The summed E-state index contributed by atoms with van der Waals surface area (Å²) in [5.74, 6) is -0.0656. The van der Waals surface area contributed by atoms with Crippen molar-refractivity contribution in [3.63, 3.8) is 0 Å². The Morgan fingerprint density at radius 3 is 2.83 bits per heavy atom. The molecule has 0 radical (unpaired) electrons. The van der Waals surface area contributed by atoms with Gasteiger partial charge in [-0.15, -0.1) is 0 Å². The van der Waals surface area contributed by atoms with Crippen LogP contribution in [0.2, 0.25) is 0 Å². The van der Waals surface area contributed by atoms with E-state index < -0.39 is 11.6 Å². The van der Waals surface area contributed by atoms with Crippen LogP contribution in [0.1, 0.15) is 35.6 Å². The highest BCUT2D eigenvalue weighted by molar-refractivity contribution is 5.93. The fourth-order valence-corrected chi connectivity index (χ4v) is 4.59. The van der Waals surface area contributed by atoms with E-state index in [4.69, 9.17) is 20.2 Å².